The Hall–Kier alpha value is -6.89. The molecule has 4 aliphatic rings. The van der Waals surface area contributed by atoms with Crippen molar-refractivity contribution in [2.75, 3.05) is 87.8 Å². The summed E-state index contributed by atoms with van der Waals surface area (Å²) in [6, 6.07) is 11.7. The van der Waals surface area contributed by atoms with Gasteiger partial charge >= 0.3 is 0 Å². The monoisotopic (exact) mass is 957 g/mol. The SMILES string of the molecule is CC1=CC(C)=C(CCC(=O)c2cc(-c3ccc(N4CCN(CCNC(=O)CCOCCOCCNc5cccc6c5C(=O)N(C5CCC(=O)NC5=O)C6=O)CC4)nc3)cc(NC(C)C)c2C=N)C(=O)C1. The summed E-state index contributed by atoms with van der Waals surface area (Å²) in [7, 11) is 0. The van der Waals surface area contributed by atoms with Gasteiger partial charge in [-0.05, 0) is 93.6 Å². The second-order valence-electron chi connectivity index (χ2n) is 18.3. The van der Waals surface area contributed by atoms with Gasteiger partial charge in [0, 0.05) is 118 Å². The zero-order valence-electron chi connectivity index (χ0n) is 40.4. The number of hydrogen-bond donors (Lipinski definition) is 5. The molecule has 7 rings (SSSR count). The number of pyridine rings is 1. The summed E-state index contributed by atoms with van der Waals surface area (Å²) in [6.45, 7) is 13.7. The summed E-state index contributed by atoms with van der Waals surface area (Å²) in [5.74, 6) is -1.54. The summed E-state index contributed by atoms with van der Waals surface area (Å²) in [5, 5.41) is 19.9. The number of imide groups is 2. The van der Waals surface area contributed by atoms with Gasteiger partial charge in [-0.15, -0.1) is 0 Å². The van der Waals surface area contributed by atoms with E-state index in [4.69, 9.17) is 19.9 Å². The summed E-state index contributed by atoms with van der Waals surface area (Å²) >= 11 is 0. The van der Waals surface area contributed by atoms with Crippen molar-refractivity contribution in [1.29, 1.82) is 5.41 Å². The number of Topliss-reactive ketones (excluding diaryl/α,β-unsaturated/α-hetero) is 2. The van der Waals surface area contributed by atoms with E-state index in [0.29, 0.717) is 80.4 Å². The first-order valence-corrected chi connectivity index (χ1v) is 24.0. The van der Waals surface area contributed by atoms with E-state index in [1.165, 1.54) is 6.21 Å². The van der Waals surface area contributed by atoms with Crippen LogP contribution in [0, 0.1) is 5.41 Å². The first kappa shape index (κ1) is 51.0. The Balaban J connectivity index is 0.782. The van der Waals surface area contributed by atoms with E-state index in [2.05, 4.69) is 31.1 Å². The average molecular weight is 958 g/mol. The number of piperazine rings is 1. The molecule has 2 aromatic carbocycles. The van der Waals surface area contributed by atoms with Crippen LogP contribution in [0.2, 0.25) is 0 Å². The highest BCUT2D eigenvalue weighted by molar-refractivity contribution is 6.25. The van der Waals surface area contributed by atoms with Crippen LogP contribution in [0.1, 0.15) is 103 Å². The number of benzene rings is 2. The van der Waals surface area contributed by atoms with E-state index >= 15 is 0 Å². The molecule has 5 amide bonds. The van der Waals surface area contributed by atoms with Crippen LogP contribution >= 0.6 is 0 Å². The molecule has 0 saturated carbocycles. The number of anilines is 3. The molecule has 2 saturated heterocycles. The number of allylic oxidation sites excluding steroid dienone is 4. The van der Waals surface area contributed by atoms with E-state index in [9.17, 15) is 33.6 Å². The molecule has 0 radical (unpaired) electrons. The number of piperidine rings is 1. The molecular formula is C52H63N9O9. The Morgan fingerprint density at radius 1 is 0.900 bits per heavy atom. The lowest BCUT2D eigenvalue weighted by molar-refractivity contribution is -0.136. The van der Waals surface area contributed by atoms with Gasteiger partial charge in [0.05, 0.1) is 37.6 Å². The van der Waals surface area contributed by atoms with Gasteiger partial charge in [-0.1, -0.05) is 17.7 Å². The van der Waals surface area contributed by atoms with Crippen LogP contribution in [0.25, 0.3) is 11.1 Å². The number of nitrogens with one attached hydrogen (secondary N) is 5. The van der Waals surface area contributed by atoms with E-state index in [1.54, 1.807) is 18.2 Å². The van der Waals surface area contributed by atoms with Gasteiger partial charge in [-0.25, -0.2) is 4.98 Å². The first-order valence-electron chi connectivity index (χ1n) is 24.0. The number of amides is 5. The average Bonchev–Trinajstić information content (AvgIpc) is 3.58. The van der Waals surface area contributed by atoms with Crippen LogP contribution in [-0.4, -0.2) is 146 Å². The Morgan fingerprint density at radius 2 is 1.67 bits per heavy atom. The minimum absolute atomic E-state index is 0.0480. The summed E-state index contributed by atoms with van der Waals surface area (Å²) in [4.78, 5) is 99.6. The molecular weight excluding hydrogens is 895 g/mol. The topological polar surface area (TPSA) is 233 Å². The van der Waals surface area contributed by atoms with E-state index < -0.39 is 29.7 Å². The second-order valence-corrected chi connectivity index (χ2v) is 18.3. The lowest BCUT2D eigenvalue weighted by atomic mass is 9.88. The Morgan fingerprint density at radius 3 is 2.37 bits per heavy atom. The molecule has 3 aromatic rings. The van der Waals surface area contributed by atoms with E-state index in [-0.39, 0.29) is 66.9 Å². The molecule has 1 aliphatic carbocycles. The van der Waals surface area contributed by atoms with Crippen LogP contribution in [0.4, 0.5) is 17.2 Å². The van der Waals surface area contributed by atoms with Crippen molar-refractivity contribution in [3.63, 3.8) is 0 Å². The maximum atomic E-state index is 13.8. The van der Waals surface area contributed by atoms with Gasteiger partial charge < -0.3 is 35.7 Å². The largest absolute Gasteiger partial charge is 0.382 e. The fourth-order valence-electron chi connectivity index (χ4n) is 9.23. The Bertz CT molecular complexity index is 2580. The molecule has 1 unspecified atom stereocenters. The third-order valence-corrected chi connectivity index (χ3v) is 12.8. The Kier molecular flexibility index (Phi) is 17.2. The van der Waals surface area contributed by atoms with Crippen molar-refractivity contribution >= 4 is 64.5 Å². The minimum atomic E-state index is -1.04. The van der Waals surface area contributed by atoms with Crippen LogP contribution in [0.3, 0.4) is 0 Å². The standard InChI is InChI=1S/C52H63N9O9/c1-32(2)57-42-29-36(28-39(40(42)30-53)44(62)11-9-37-34(4)26-33(3)27-45(37)63)35-8-12-46(56-31-35)60-20-18-59(19-21-60)17-15-55-47(64)14-22-69-24-25-70-23-16-54-41-7-5-6-38-49(41)52(68)61(51(38)67)43-10-13-48(65)58-50(43)66/h5-8,12,26,28-32,43,53-54,57H,9-11,13-25,27H2,1-4H3,(H,55,64)(H,58,65,66). The van der Waals surface area contributed by atoms with Crippen molar-refractivity contribution in [3.8, 4) is 11.1 Å². The molecule has 0 bridgehead atoms. The number of aromatic nitrogens is 1. The van der Waals surface area contributed by atoms with E-state index in [1.807, 2.05) is 64.2 Å². The highest BCUT2D eigenvalue weighted by atomic mass is 16.5. The van der Waals surface area contributed by atoms with Gasteiger partial charge in [0.2, 0.25) is 17.7 Å². The quantitative estimate of drug-likeness (QED) is 0.0367. The fourth-order valence-corrected chi connectivity index (χ4v) is 9.23. The molecule has 18 nitrogen and oxygen atoms in total. The summed E-state index contributed by atoms with van der Waals surface area (Å²) < 4.78 is 11.2. The summed E-state index contributed by atoms with van der Waals surface area (Å²) in [5.41, 5.74) is 6.78. The Labute approximate surface area is 408 Å². The number of nitrogens with zero attached hydrogens (tertiary/aromatic N) is 4. The molecule has 1 atom stereocenters. The van der Waals surface area contributed by atoms with Crippen molar-refractivity contribution in [2.45, 2.75) is 78.3 Å². The smallest absolute Gasteiger partial charge is 0.264 e. The zero-order valence-corrected chi connectivity index (χ0v) is 40.4. The fraction of sp³-hybridized carbons (Fsp3) is 0.442. The number of carbonyl (C=O) groups excluding carboxylic acids is 7. The third-order valence-electron chi connectivity index (χ3n) is 12.8. The van der Waals surface area contributed by atoms with Crippen molar-refractivity contribution in [2.24, 2.45) is 0 Å². The molecule has 1 aromatic heterocycles. The van der Waals surface area contributed by atoms with Crippen LogP contribution < -0.4 is 26.2 Å². The lowest BCUT2D eigenvalue weighted by Crippen LogP contribution is -2.54. The number of carbonyl (C=O) groups is 7. The normalized spacial score (nSPS) is 17.5. The molecule has 0 spiro atoms. The zero-order chi connectivity index (χ0) is 49.9. The maximum Gasteiger partial charge on any atom is 0.264 e. The van der Waals surface area contributed by atoms with Crippen molar-refractivity contribution < 1.29 is 43.0 Å². The maximum absolute atomic E-state index is 13.8. The summed E-state index contributed by atoms with van der Waals surface area (Å²) in [6.07, 6.45) is 6.30. The predicted octanol–water partition coefficient (Wildman–Crippen LogP) is 4.94. The number of hydrogen-bond acceptors (Lipinski definition) is 15. The molecule has 18 heteroatoms. The van der Waals surface area contributed by atoms with Gasteiger partial charge in [0.15, 0.2) is 11.6 Å². The van der Waals surface area contributed by atoms with Crippen molar-refractivity contribution in [1.82, 2.24) is 25.4 Å². The first-order chi connectivity index (χ1) is 33.7. The number of ether oxygens (including phenoxy) is 2. The minimum Gasteiger partial charge on any atom is -0.382 e. The van der Waals surface area contributed by atoms with Crippen LogP contribution in [0.15, 0.2) is 71.5 Å². The third kappa shape index (κ3) is 12.5. The van der Waals surface area contributed by atoms with Crippen LogP contribution in [-0.2, 0) is 28.7 Å². The predicted molar refractivity (Wildman–Crippen MR) is 265 cm³/mol. The highest BCUT2D eigenvalue weighted by Crippen LogP contribution is 2.34. The lowest BCUT2D eigenvalue weighted by Gasteiger charge is -2.35. The van der Waals surface area contributed by atoms with Crippen molar-refractivity contribution in [3.05, 3.63) is 93.7 Å². The number of rotatable bonds is 23. The van der Waals surface area contributed by atoms with Gasteiger partial charge in [-0.3, -0.25) is 48.7 Å². The van der Waals surface area contributed by atoms with Gasteiger partial charge in [0.25, 0.3) is 11.8 Å². The van der Waals surface area contributed by atoms with Gasteiger partial charge in [-0.2, -0.15) is 0 Å². The molecule has 4 heterocycles. The number of fused-ring (bicyclic) bond motifs is 1. The van der Waals surface area contributed by atoms with Crippen LogP contribution in [0.5, 0.6) is 0 Å². The number of ketones is 2. The molecule has 70 heavy (non-hydrogen) atoms. The highest BCUT2D eigenvalue weighted by Gasteiger charge is 2.45. The molecule has 370 valence electrons. The molecule has 2 fully saturated rings. The van der Waals surface area contributed by atoms with Gasteiger partial charge in [0.1, 0.15) is 11.9 Å². The molecule has 5 N–H and O–H groups in total. The molecule has 3 aliphatic heterocycles. The van der Waals surface area contributed by atoms with E-state index in [0.717, 1.165) is 59.2 Å². The second kappa shape index (κ2) is 23.6.